The number of esters is 1. The number of benzene rings is 1. The maximum Gasteiger partial charge on any atom is 0.331 e. The molecule has 4 heteroatoms. The van der Waals surface area contributed by atoms with Crippen molar-refractivity contribution < 1.29 is 19.7 Å². The summed E-state index contributed by atoms with van der Waals surface area (Å²) in [5, 5.41) is 21.0. The fraction of sp³-hybridized carbons (Fsp3) is 0.718. The van der Waals surface area contributed by atoms with E-state index < -0.39 is 0 Å². The van der Waals surface area contributed by atoms with E-state index in [0.29, 0.717) is 17.8 Å². The lowest BCUT2D eigenvalue weighted by atomic mass is 9.34. The van der Waals surface area contributed by atoms with Crippen molar-refractivity contribution in [1.82, 2.24) is 0 Å². The Morgan fingerprint density at radius 3 is 2.12 bits per heavy atom. The van der Waals surface area contributed by atoms with Crippen molar-refractivity contribution in [3.8, 4) is 5.75 Å². The number of phenols is 1. The first-order chi connectivity index (χ1) is 20.0. The Kier molecular flexibility index (Phi) is 7.17. The van der Waals surface area contributed by atoms with Gasteiger partial charge in [0.2, 0.25) is 0 Å². The minimum atomic E-state index is -0.281. The average Bonchev–Trinajstić information content (AvgIpc) is 2.91. The Balaban J connectivity index is 1.24. The summed E-state index contributed by atoms with van der Waals surface area (Å²) in [6, 6.07) is 6.84. The fourth-order valence-electron chi connectivity index (χ4n) is 12.1. The quantitative estimate of drug-likeness (QED) is 0.210. The summed E-state index contributed by atoms with van der Waals surface area (Å²) in [7, 11) is 0. The first kappa shape index (κ1) is 30.9. The molecule has 0 bridgehead atoms. The Morgan fingerprint density at radius 1 is 0.814 bits per heavy atom. The molecule has 9 unspecified atom stereocenters. The number of fused-ring (bicyclic) bond motifs is 7. The van der Waals surface area contributed by atoms with Gasteiger partial charge >= 0.3 is 5.97 Å². The van der Waals surface area contributed by atoms with Crippen LogP contribution in [-0.4, -0.2) is 28.4 Å². The van der Waals surface area contributed by atoms with Crippen molar-refractivity contribution in [2.24, 2.45) is 50.2 Å². The molecule has 4 fully saturated rings. The summed E-state index contributed by atoms with van der Waals surface area (Å²) >= 11 is 0. The van der Waals surface area contributed by atoms with Gasteiger partial charge in [0.1, 0.15) is 11.9 Å². The second-order valence-corrected chi connectivity index (χ2v) is 17.7. The highest BCUT2D eigenvalue weighted by molar-refractivity contribution is 5.87. The van der Waals surface area contributed by atoms with Crippen LogP contribution in [0.3, 0.4) is 0 Å². The normalized spacial score (nSPS) is 44.8. The van der Waals surface area contributed by atoms with Gasteiger partial charge in [-0.3, -0.25) is 0 Å². The Hall–Kier alpha value is -2.07. The van der Waals surface area contributed by atoms with Crippen LogP contribution in [0.1, 0.15) is 119 Å². The molecule has 236 valence electrons. The van der Waals surface area contributed by atoms with Crippen LogP contribution in [0, 0.1) is 50.2 Å². The van der Waals surface area contributed by atoms with Gasteiger partial charge in [0.25, 0.3) is 0 Å². The van der Waals surface area contributed by atoms with Crippen LogP contribution in [0.2, 0.25) is 0 Å². The Labute approximate surface area is 260 Å². The summed E-state index contributed by atoms with van der Waals surface area (Å²) < 4.78 is 6.20. The number of rotatable bonds is 3. The van der Waals surface area contributed by atoms with Gasteiger partial charge in [-0.05, 0) is 121 Å². The molecule has 6 rings (SSSR count). The van der Waals surface area contributed by atoms with Crippen LogP contribution < -0.4 is 0 Å². The molecule has 1 aromatic rings. The lowest BCUT2D eigenvalue weighted by Crippen LogP contribution is -2.64. The predicted molar refractivity (Wildman–Crippen MR) is 173 cm³/mol. The van der Waals surface area contributed by atoms with E-state index >= 15 is 0 Å². The predicted octanol–water partition coefficient (Wildman–Crippen LogP) is 9.11. The summed E-state index contributed by atoms with van der Waals surface area (Å²) in [5.41, 5.74) is 3.15. The zero-order chi connectivity index (χ0) is 31.2. The highest BCUT2D eigenvalue weighted by Crippen LogP contribution is 2.75. The second kappa shape index (κ2) is 9.96. The standard InChI is InChI=1S/C39H56O4/c1-34(2)23-30-38(7)20-16-28-36(5)22-18-32(43-33(42)14-11-25-9-12-26(40)13-10-25)35(3,4)27(36)15-19-37(28,6)29(38)17-21-39(30,8)31(41)24-34/h9-14,17,27-28,30-32,40-41H,15-16,18-24H2,1-8H3. The third-order valence-corrected chi connectivity index (χ3v) is 14.3. The fourth-order valence-corrected chi connectivity index (χ4v) is 12.1. The molecule has 9 atom stereocenters. The first-order valence-corrected chi connectivity index (χ1v) is 17.0. The van der Waals surface area contributed by atoms with Gasteiger partial charge in [-0.2, -0.15) is 0 Å². The van der Waals surface area contributed by atoms with Gasteiger partial charge in [0, 0.05) is 16.9 Å². The third-order valence-electron chi connectivity index (χ3n) is 14.3. The number of ether oxygens (including phenoxy) is 1. The summed E-state index contributed by atoms with van der Waals surface area (Å²) in [6.45, 7) is 19.6. The number of allylic oxidation sites excluding steroid dienone is 2. The number of carbonyl (C=O) groups is 1. The molecule has 1 aromatic carbocycles. The smallest absolute Gasteiger partial charge is 0.331 e. The van der Waals surface area contributed by atoms with Crippen molar-refractivity contribution in [3.63, 3.8) is 0 Å². The first-order valence-electron chi connectivity index (χ1n) is 17.0. The molecule has 0 spiro atoms. The van der Waals surface area contributed by atoms with Crippen molar-refractivity contribution in [2.75, 3.05) is 0 Å². The van der Waals surface area contributed by atoms with Crippen molar-refractivity contribution in [2.45, 2.75) is 125 Å². The zero-order valence-electron chi connectivity index (χ0n) is 28.0. The largest absolute Gasteiger partial charge is 0.508 e. The monoisotopic (exact) mass is 588 g/mol. The number of hydrogen-bond donors (Lipinski definition) is 2. The van der Waals surface area contributed by atoms with Gasteiger partial charge in [-0.25, -0.2) is 4.79 Å². The van der Waals surface area contributed by atoms with Crippen molar-refractivity contribution in [1.29, 1.82) is 0 Å². The molecule has 0 saturated heterocycles. The minimum Gasteiger partial charge on any atom is -0.508 e. The highest BCUT2D eigenvalue weighted by atomic mass is 16.5. The van der Waals surface area contributed by atoms with Gasteiger partial charge in [0.15, 0.2) is 0 Å². The van der Waals surface area contributed by atoms with E-state index in [-0.39, 0.29) is 56.4 Å². The summed E-state index contributed by atoms with van der Waals surface area (Å²) in [6.07, 6.45) is 15.5. The van der Waals surface area contributed by atoms with E-state index in [1.54, 1.807) is 35.9 Å². The third kappa shape index (κ3) is 4.67. The van der Waals surface area contributed by atoms with Gasteiger partial charge in [-0.1, -0.05) is 79.2 Å². The van der Waals surface area contributed by atoms with Crippen LogP contribution in [0.5, 0.6) is 5.75 Å². The van der Waals surface area contributed by atoms with Gasteiger partial charge < -0.3 is 14.9 Å². The molecule has 2 N–H and O–H groups in total. The summed E-state index contributed by atoms with van der Waals surface area (Å²) in [5.74, 6) is 1.57. The molecule has 4 saturated carbocycles. The molecular formula is C39H56O4. The average molecular weight is 589 g/mol. The molecule has 43 heavy (non-hydrogen) atoms. The summed E-state index contributed by atoms with van der Waals surface area (Å²) in [4.78, 5) is 13.0. The van der Waals surface area contributed by atoms with Gasteiger partial charge in [0.05, 0.1) is 6.10 Å². The van der Waals surface area contributed by atoms with E-state index in [0.717, 1.165) is 37.7 Å². The molecule has 0 aromatic heterocycles. The topological polar surface area (TPSA) is 66.8 Å². The zero-order valence-corrected chi connectivity index (χ0v) is 28.0. The van der Waals surface area contributed by atoms with Crippen LogP contribution in [0.4, 0.5) is 0 Å². The second-order valence-electron chi connectivity index (χ2n) is 17.7. The van der Waals surface area contributed by atoms with Crippen molar-refractivity contribution >= 4 is 12.0 Å². The number of hydrogen-bond acceptors (Lipinski definition) is 4. The maximum absolute atomic E-state index is 13.0. The van der Waals surface area contributed by atoms with Crippen LogP contribution in [0.25, 0.3) is 6.08 Å². The van der Waals surface area contributed by atoms with E-state index in [2.05, 4.69) is 61.5 Å². The maximum atomic E-state index is 13.0. The van der Waals surface area contributed by atoms with Crippen LogP contribution in [-0.2, 0) is 9.53 Å². The molecule has 0 amide bonds. The number of aromatic hydroxyl groups is 1. The van der Waals surface area contributed by atoms with E-state index in [1.807, 2.05) is 0 Å². The number of phenolic OH excluding ortho intramolecular Hbond substituents is 1. The Morgan fingerprint density at radius 2 is 1.44 bits per heavy atom. The molecule has 4 nitrogen and oxygen atoms in total. The van der Waals surface area contributed by atoms with E-state index in [4.69, 9.17) is 4.74 Å². The highest BCUT2D eigenvalue weighted by Gasteiger charge is 2.68. The molecular weight excluding hydrogens is 532 g/mol. The lowest BCUT2D eigenvalue weighted by molar-refractivity contribution is -0.201. The van der Waals surface area contributed by atoms with Crippen molar-refractivity contribution in [3.05, 3.63) is 47.6 Å². The Bertz CT molecular complexity index is 1320. The van der Waals surface area contributed by atoms with Crippen LogP contribution >= 0.6 is 0 Å². The lowest BCUT2D eigenvalue weighted by Gasteiger charge is -2.70. The molecule has 5 aliphatic carbocycles. The number of carbonyl (C=O) groups excluding carboxylic acids is 1. The van der Waals surface area contributed by atoms with Crippen LogP contribution in [0.15, 0.2) is 42.0 Å². The minimum absolute atomic E-state index is 0.0290. The van der Waals surface area contributed by atoms with E-state index in [1.165, 1.54) is 31.8 Å². The molecule has 0 aliphatic heterocycles. The number of aliphatic hydroxyl groups excluding tert-OH is 1. The van der Waals surface area contributed by atoms with E-state index in [9.17, 15) is 15.0 Å². The van der Waals surface area contributed by atoms with Gasteiger partial charge in [-0.15, -0.1) is 0 Å². The molecule has 0 heterocycles. The number of aliphatic hydroxyl groups is 1. The molecule has 5 aliphatic rings. The molecule has 0 radical (unpaired) electrons. The SMILES string of the molecule is CC1(C)CC(O)C2(C)CC=C3C(C)(CCC4C3(C)CCC3C(C)(C)C(OC(=O)C=Cc5ccc(O)cc5)CCC43C)C2C1.